The number of carbonyl (C=O) groups is 1. The number of H-pyrrole nitrogens is 1. The maximum absolute atomic E-state index is 11.0. The second-order valence-electron chi connectivity index (χ2n) is 3.44. The highest BCUT2D eigenvalue weighted by Crippen LogP contribution is 2.24. The number of hydrogen-bond acceptors (Lipinski definition) is 3. The molecule has 0 aromatic carbocycles. The lowest BCUT2D eigenvalue weighted by Crippen LogP contribution is -2.14. The average molecular weight is 208 g/mol. The highest BCUT2D eigenvalue weighted by atomic mass is 16.6. The molecule has 5 heteroatoms. The van der Waals surface area contributed by atoms with Crippen LogP contribution in [0.4, 0.5) is 0 Å². The van der Waals surface area contributed by atoms with Crippen molar-refractivity contribution in [2.45, 2.75) is 19.3 Å². The van der Waals surface area contributed by atoms with Gasteiger partial charge in [0.2, 0.25) is 0 Å². The van der Waals surface area contributed by atoms with Gasteiger partial charge in [0.25, 0.3) is 0 Å². The Balaban J connectivity index is 2.52. The van der Waals surface area contributed by atoms with E-state index in [4.69, 9.17) is 9.94 Å². The quantitative estimate of drug-likeness (QED) is 0.721. The summed E-state index contributed by atoms with van der Waals surface area (Å²) < 4.78 is 0. The van der Waals surface area contributed by atoms with Crippen LogP contribution in [-0.2, 0) is 11.3 Å². The lowest BCUT2D eigenvalue weighted by molar-refractivity contribution is 0.0697. The van der Waals surface area contributed by atoms with Crippen LogP contribution in [0.25, 0.3) is 0 Å². The van der Waals surface area contributed by atoms with Gasteiger partial charge in [-0.3, -0.25) is 0 Å². The van der Waals surface area contributed by atoms with Crippen LogP contribution in [0.1, 0.15) is 34.5 Å². The molecule has 15 heavy (non-hydrogen) atoms. The molecule has 0 fully saturated rings. The van der Waals surface area contributed by atoms with Gasteiger partial charge < -0.3 is 14.9 Å². The number of fused-ring (bicyclic) bond motifs is 1. The van der Waals surface area contributed by atoms with Crippen molar-refractivity contribution in [1.82, 2.24) is 4.98 Å². The second-order valence-corrected chi connectivity index (χ2v) is 3.44. The van der Waals surface area contributed by atoms with E-state index in [0.717, 1.165) is 30.7 Å². The Hall–Kier alpha value is -1.78. The summed E-state index contributed by atoms with van der Waals surface area (Å²) in [5.74, 6) is -0.932. The Morgan fingerprint density at radius 3 is 3.07 bits per heavy atom. The molecule has 1 heterocycles. The number of carboxylic acid groups (broad SMARTS) is 1. The van der Waals surface area contributed by atoms with E-state index >= 15 is 0 Å². The van der Waals surface area contributed by atoms with Crippen LogP contribution in [0, 0.1) is 0 Å². The zero-order valence-corrected chi connectivity index (χ0v) is 8.41. The number of aromatic amines is 1. The summed E-state index contributed by atoms with van der Waals surface area (Å²) in [5, 5.41) is 12.9. The van der Waals surface area contributed by atoms with Crippen molar-refractivity contribution in [2.75, 3.05) is 7.11 Å². The lowest BCUT2D eigenvalue weighted by Gasteiger charge is -2.13. The fraction of sp³-hybridized carbons (Fsp3) is 0.400. The van der Waals surface area contributed by atoms with Gasteiger partial charge in [-0.2, -0.15) is 0 Å². The Morgan fingerprint density at radius 1 is 1.60 bits per heavy atom. The number of aromatic carboxylic acids is 1. The van der Waals surface area contributed by atoms with Crippen molar-refractivity contribution in [1.29, 1.82) is 0 Å². The normalized spacial score (nSPS) is 17.5. The van der Waals surface area contributed by atoms with Crippen molar-refractivity contribution in [3.05, 3.63) is 23.0 Å². The minimum atomic E-state index is -0.932. The first-order valence-electron chi connectivity index (χ1n) is 4.78. The van der Waals surface area contributed by atoms with Crippen LogP contribution >= 0.6 is 0 Å². The smallest absolute Gasteiger partial charge is 0.337 e. The topological polar surface area (TPSA) is 74.7 Å². The Labute approximate surface area is 86.7 Å². The van der Waals surface area contributed by atoms with Gasteiger partial charge in [0.05, 0.1) is 11.3 Å². The van der Waals surface area contributed by atoms with Crippen LogP contribution in [0.5, 0.6) is 0 Å². The number of aryl methyl sites for hydroxylation is 1. The summed E-state index contributed by atoms with van der Waals surface area (Å²) in [4.78, 5) is 18.7. The first-order valence-corrected chi connectivity index (χ1v) is 4.78. The molecule has 1 aromatic heterocycles. The fourth-order valence-corrected chi connectivity index (χ4v) is 1.92. The second kappa shape index (κ2) is 3.76. The molecule has 0 saturated carbocycles. The SMILES string of the molecule is CO/N=C1/CCCc2[nH]cc(C(=O)O)c21. The van der Waals surface area contributed by atoms with Crippen LogP contribution in [0.2, 0.25) is 0 Å². The number of nitrogens with one attached hydrogen (secondary N) is 1. The van der Waals surface area contributed by atoms with Crippen LogP contribution in [0.3, 0.4) is 0 Å². The highest BCUT2D eigenvalue weighted by molar-refractivity contribution is 6.09. The van der Waals surface area contributed by atoms with Gasteiger partial charge in [0, 0.05) is 17.5 Å². The van der Waals surface area contributed by atoms with Gasteiger partial charge in [-0.15, -0.1) is 0 Å². The molecule has 1 aromatic rings. The van der Waals surface area contributed by atoms with E-state index in [-0.39, 0.29) is 5.56 Å². The number of carboxylic acids is 1. The first kappa shape index (κ1) is 9.76. The van der Waals surface area contributed by atoms with E-state index in [1.165, 1.54) is 13.3 Å². The van der Waals surface area contributed by atoms with E-state index in [1.54, 1.807) is 0 Å². The zero-order valence-electron chi connectivity index (χ0n) is 8.41. The summed E-state index contributed by atoms with van der Waals surface area (Å²) in [7, 11) is 1.47. The number of hydrogen-bond donors (Lipinski definition) is 2. The highest BCUT2D eigenvalue weighted by Gasteiger charge is 2.24. The molecule has 0 saturated heterocycles. The van der Waals surface area contributed by atoms with E-state index in [9.17, 15) is 4.79 Å². The number of rotatable bonds is 2. The summed E-state index contributed by atoms with van der Waals surface area (Å²) in [6, 6.07) is 0. The van der Waals surface area contributed by atoms with E-state index in [0.29, 0.717) is 5.56 Å². The maximum atomic E-state index is 11.0. The molecule has 0 aliphatic heterocycles. The summed E-state index contributed by atoms with van der Waals surface area (Å²) in [6.45, 7) is 0. The van der Waals surface area contributed by atoms with Crippen LogP contribution in [0.15, 0.2) is 11.4 Å². The lowest BCUT2D eigenvalue weighted by atomic mass is 9.93. The van der Waals surface area contributed by atoms with Crippen molar-refractivity contribution < 1.29 is 14.7 Å². The molecule has 1 aliphatic rings. The molecule has 0 bridgehead atoms. The maximum Gasteiger partial charge on any atom is 0.337 e. The zero-order chi connectivity index (χ0) is 10.8. The summed E-state index contributed by atoms with van der Waals surface area (Å²) in [6.07, 6.45) is 4.11. The van der Waals surface area contributed by atoms with Gasteiger partial charge >= 0.3 is 5.97 Å². The van der Waals surface area contributed by atoms with Crippen molar-refractivity contribution >= 4 is 11.7 Å². The number of aromatic nitrogens is 1. The standard InChI is InChI=1S/C10H12N2O3/c1-15-12-8-4-2-3-7-9(8)6(5-11-7)10(13)14/h5,11H,2-4H2,1H3,(H,13,14)/b12-8-. The minimum absolute atomic E-state index is 0.278. The Kier molecular flexibility index (Phi) is 2.45. The molecule has 80 valence electrons. The Bertz CT molecular complexity index is 420. The molecule has 5 nitrogen and oxygen atoms in total. The molecule has 1 aliphatic carbocycles. The molecule has 0 atom stereocenters. The largest absolute Gasteiger partial charge is 0.478 e. The fourth-order valence-electron chi connectivity index (χ4n) is 1.92. The average Bonchev–Trinajstić information content (AvgIpc) is 2.62. The molecule has 2 rings (SSSR count). The molecule has 0 amide bonds. The van der Waals surface area contributed by atoms with Crippen molar-refractivity contribution in [2.24, 2.45) is 5.16 Å². The first-order chi connectivity index (χ1) is 7.24. The summed E-state index contributed by atoms with van der Waals surface area (Å²) in [5.41, 5.74) is 2.64. The van der Waals surface area contributed by atoms with E-state index in [1.807, 2.05) is 0 Å². The third-order valence-corrected chi connectivity index (χ3v) is 2.52. The van der Waals surface area contributed by atoms with Gasteiger partial charge in [-0.1, -0.05) is 5.16 Å². The molecule has 0 unspecified atom stereocenters. The predicted molar refractivity (Wildman–Crippen MR) is 54.2 cm³/mol. The molecular formula is C10H12N2O3. The predicted octanol–water partition coefficient (Wildman–Crippen LogP) is 1.40. The minimum Gasteiger partial charge on any atom is -0.478 e. The molecule has 0 spiro atoms. The molecule has 2 N–H and O–H groups in total. The monoisotopic (exact) mass is 208 g/mol. The number of nitrogens with zero attached hydrogens (tertiary/aromatic N) is 1. The van der Waals surface area contributed by atoms with E-state index in [2.05, 4.69) is 10.1 Å². The van der Waals surface area contributed by atoms with E-state index < -0.39 is 5.97 Å². The Morgan fingerprint density at radius 2 is 2.40 bits per heavy atom. The van der Waals surface area contributed by atoms with Crippen molar-refractivity contribution in [3.63, 3.8) is 0 Å². The van der Waals surface area contributed by atoms with Gasteiger partial charge in [0.1, 0.15) is 7.11 Å². The third kappa shape index (κ3) is 1.60. The van der Waals surface area contributed by atoms with Gasteiger partial charge in [0.15, 0.2) is 0 Å². The molecule has 0 radical (unpaired) electrons. The number of oxime groups is 1. The summed E-state index contributed by atoms with van der Waals surface area (Å²) >= 11 is 0. The van der Waals surface area contributed by atoms with Crippen LogP contribution in [-0.4, -0.2) is 28.9 Å². The molecular weight excluding hydrogens is 196 g/mol. The van der Waals surface area contributed by atoms with Crippen molar-refractivity contribution in [3.8, 4) is 0 Å². The van der Waals surface area contributed by atoms with Gasteiger partial charge in [-0.25, -0.2) is 4.79 Å². The third-order valence-electron chi connectivity index (χ3n) is 2.52. The van der Waals surface area contributed by atoms with Crippen LogP contribution < -0.4 is 0 Å². The van der Waals surface area contributed by atoms with Gasteiger partial charge in [-0.05, 0) is 19.3 Å².